The lowest BCUT2D eigenvalue weighted by atomic mass is 10.0. The lowest BCUT2D eigenvalue weighted by Crippen LogP contribution is -2.30. The lowest BCUT2D eigenvalue weighted by molar-refractivity contribution is 0.306. The van der Waals surface area contributed by atoms with E-state index < -0.39 is 0 Å². The van der Waals surface area contributed by atoms with Gasteiger partial charge in [-0.05, 0) is 36.8 Å². The summed E-state index contributed by atoms with van der Waals surface area (Å²) in [7, 11) is 0. The van der Waals surface area contributed by atoms with Gasteiger partial charge in [-0.25, -0.2) is 4.98 Å². The van der Waals surface area contributed by atoms with Crippen molar-refractivity contribution in [3.05, 3.63) is 23.9 Å². The van der Waals surface area contributed by atoms with Crippen molar-refractivity contribution in [2.75, 3.05) is 31.1 Å². The molecule has 0 bridgehead atoms. The highest BCUT2D eigenvalue weighted by Crippen LogP contribution is 2.38. The van der Waals surface area contributed by atoms with E-state index in [0.29, 0.717) is 5.69 Å². The maximum absolute atomic E-state index is 8.93. The van der Waals surface area contributed by atoms with Gasteiger partial charge >= 0.3 is 0 Å². The monoisotopic (exact) mass is 254 g/mol. The number of pyridine rings is 1. The second-order valence-electron chi connectivity index (χ2n) is 6.10. The molecule has 1 saturated carbocycles. The van der Waals surface area contributed by atoms with E-state index in [1.165, 1.54) is 25.9 Å². The molecule has 3 aliphatic rings. The number of nitrogens with zero attached hydrogens (tertiary/aromatic N) is 4. The second-order valence-corrected chi connectivity index (χ2v) is 6.10. The van der Waals surface area contributed by atoms with Gasteiger partial charge in [-0.3, -0.25) is 4.90 Å². The summed E-state index contributed by atoms with van der Waals surface area (Å²) in [5, 5.41) is 8.93. The topological polar surface area (TPSA) is 43.2 Å². The van der Waals surface area contributed by atoms with Crippen LogP contribution in [0.2, 0.25) is 0 Å². The van der Waals surface area contributed by atoms with E-state index in [1.54, 1.807) is 6.07 Å². The Morgan fingerprint density at radius 3 is 2.47 bits per heavy atom. The van der Waals surface area contributed by atoms with Crippen LogP contribution >= 0.6 is 0 Å². The van der Waals surface area contributed by atoms with Crippen molar-refractivity contribution in [2.24, 2.45) is 11.8 Å². The van der Waals surface area contributed by atoms with Crippen LogP contribution in [0.5, 0.6) is 0 Å². The van der Waals surface area contributed by atoms with Crippen LogP contribution in [0.25, 0.3) is 0 Å². The average molecular weight is 254 g/mol. The highest BCUT2D eigenvalue weighted by atomic mass is 15.3. The van der Waals surface area contributed by atoms with Gasteiger partial charge in [0, 0.05) is 32.2 Å². The highest BCUT2D eigenvalue weighted by molar-refractivity contribution is 5.43. The van der Waals surface area contributed by atoms with E-state index in [4.69, 9.17) is 5.26 Å². The van der Waals surface area contributed by atoms with Gasteiger partial charge in [-0.2, -0.15) is 5.26 Å². The first kappa shape index (κ1) is 11.2. The fraction of sp³-hybridized carbons (Fsp3) is 0.600. The number of aromatic nitrogens is 1. The molecule has 1 aliphatic carbocycles. The van der Waals surface area contributed by atoms with Crippen LogP contribution in [-0.4, -0.2) is 42.1 Å². The largest absolute Gasteiger partial charge is 0.356 e. The zero-order chi connectivity index (χ0) is 12.8. The molecule has 1 aromatic rings. The molecule has 0 spiro atoms. The van der Waals surface area contributed by atoms with Crippen LogP contribution < -0.4 is 4.90 Å². The second kappa shape index (κ2) is 4.21. The van der Waals surface area contributed by atoms with Gasteiger partial charge < -0.3 is 4.90 Å². The Kier molecular flexibility index (Phi) is 2.49. The lowest BCUT2D eigenvalue weighted by Gasteiger charge is -2.22. The molecule has 3 fully saturated rings. The van der Waals surface area contributed by atoms with Crippen molar-refractivity contribution >= 4 is 5.82 Å². The van der Waals surface area contributed by atoms with Gasteiger partial charge in [-0.15, -0.1) is 0 Å². The molecule has 1 aromatic heterocycles. The van der Waals surface area contributed by atoms with Gasteiger partial charge in [0.2, 0.25) is 0 Å². The fourth-order valence-corrected chi connectivity index (χ4v) is 3.62. The van der Waals surface area contributed by atoms with E-state index in [-0.39, 0.29) is 0 Å². The third kappa shape index (κ3) is 1.98. The maximum atomic E-state index is 8.93. The molecule has 0 radical (unpaired) electrons. The molecule has 19 heavy (non-hydrogen) atoms. The van der Waals surface area contributed by atoms with Crippen molar-refractivity contribution in [2.45, 2.75) is 18.9 Å². The minimum Gasteiger partial charge on any atom is -0.356 e. The number of nitriles is 1. The SMILES string of the molecule is N#Cc1cccc(N2CC3CN(C4CC4)CC3C2)n1. The summed E-state index contributed by atoms with van der Waals surface area (Å²) in [4.78, 5) is 9.47. The predicted molar refractivity (Wildman–Crippen MR) is 72.7 cm³/mol. The molecule has 2 atom stereocenters. The Morgan fingerprint density at radius 2 is 1.84 bits per heavy atom. The normalized spacial score (nSPS) is 30.4. The van der Waals surface area contributed by atoms with E-state index in [0.717, 1.165) is 36.8 Å². The molecule has 0 aromatic carbocycles. The van der Waals surface area contributed by atoms with E-state index in [9.17, 15) is 0 Å². The van der Waals surface area contributed by atoms with Crippen LogP contribution in [0.15, 0.2) is 18.2 Å². The summed E-state index contributed by atoms with van der Waals surface area (Å²) in [6.07, 6.45) is 2.82. The quantitative estimate of drug-likeness (QED) is 0.802. The third-order valence-electron chi connectivity index (χ3n) is 4.75. The van der Waals surface area contributed by atoms with E-state index in [2.05, 4.69) is 20.9 Å². The third-order valence-corrected chi connectivity index (χ3v) is 4.75. The smallest absolute Gasteiger partial charge is 0.142 e. The molecule has 98 valence electrons. The summed E-state index contributed by atoms with van der Waals surface area (Å²) in [5.74, 6) is 2.58. The number of anilines is 1. The van der Waals surface area contributed by atoms with E-state index >= 15 is 0 Å². The minimum absolute atomic E-state index is 0.522. The van der Waals surface area contributed by atoms with Crippen LogP contribution in [0.4, 0.5) is 5.82 Å². The molecule has 2 aliphatic heterocycles. The molecule has 2 unspecified atom stereocenters. The first-order chi connectivity index (χ1) is 9.33. The van der Waals surface area contributed by atoms with Crippen molar-refractivity contribution in [3.8, 4) is 6.07 Å². The molecular formula is C15H18N4. The van der Waals surface area contributed by atoms with Crippen LogP contribution in [0, 0.1) is 23.2 Å². The minimum atomic E-state index is 0.522. The van der Waals surface area contributed by atoms with Crippen LogP contribution in [0.3, 0.4) is 0 Å². The van der Waals surface area contributed by atoms with Gasteiger partial charge in [0.05, 0.1) is 0 Å². The fourth-order valence-electron chi connectivity index (χ4n) is 3.62. The summed E-state index contributed by atoms with van der Waals surface area (Å²) in [6, 6.07) is 8.76. The molecule has 2 saturated heterocycles. The zero-order valence-electron chi connectivity index (χ0n) is 11.0. The Morgan fingerprint density at radius 1 is 1.11 bits per heavy atom. The van der Waals surface area contributed by atoms with Crippen molar-refractivity contribution in [3.63, 3.8) is 0 Å². The van der Waals surface area contributed by atoms with Gasteiger partial charge in [0.15, 0.2) is 0 Å². The molecule has 4 heteroatoms. The van der Waals surface area contributed by atoms with Crippen molar-refractivity contribution in [1.29, 1.82) is 5.26 Å². The number of rotatable bonds is 2. The predicted octanol–water partition coefficient (Wildman–Crippen LogP) is 1.48. The Bertz CT molecular complexity index is 517. The summed E-state index contributed by atoms with van der Waals surface area (Å²) < 4.78 is 0. The number of fused-ring (bicyclic) bond motifs is 1. The molecule has 0 amide bonds. The Labute approximate surface area is 113 Å². The highest BCUT2D eigenvalue weighted by Gasteiger charge is 2.44. The van der Waals surface area contributed by atoms with Gasteiger partial charge in [0.25, 0.3) is 0 Å². The molecule has 0 N–H and O–H groups in total. The summed E-state index contributed by atoms with van der Waals surface area (Å²) in [5.41, 5.74) is 0.522. The molecular weight excluding hydrogens is 236 g/mol. The molecule has 4 nitrogen and oxygen atoms in total. The van der Waals surface area contributed by atoms with Crippen LogP contribution in [0.1, 0.15) is 18.5 Å². The zero-order valence-corrected chi connectivity index (χ0v) is 11.0. The van der Waals surface area contributed by atoms with Gasteiger partial charge in [0.1, 0.15) is 17.6 Å². The molecule has 4 rings (SSSR count). The van der Waals surface area contributed by atoms with E-state index in [1.807, 2.05) is 12.1 Å². The summed E-state index contributed by atoms with van der Waals surface area (Å²) >= 11 is 0. The standard InChI is InChI=1S/C15H18N4/c16-6-13-2-1-3-15(17-13)19-9-11-7-18(14-4-5-14)8-12(11)10-19/h1-3,11-12,14H,4-5,7-10H2. The van der Waals surface area contributed by atoms with Crippen molar-refractivity contribution < 1.29 is 0 Å². The van der Waals surface area contributed by atoms with Crippen molar-refractivity contribution in [1.82, 2.24) is 9.88 Å². The number of hydrogen-bond acceptors (Lipinski definition) is 4. The first-order valence-electron chi connectivity index (χ1n) is 7.19. The first-order valence-corrected chi connectivity index (χ1v) is 7.19. The van der Waals surface area contributed by atoms with Crippen LogP contribution in [-0.2, 0) is 0 Å². The Hall–Kier alpha value is -1.60. The molecule has 3 heterocycles. The maximum Gasteiger partial charge on any atom is 0.142 e. The Balaban J connectivity index is 1.47. The average Bonchev–Trinajstić information content (AvgIpc) is 3.09. The number of hydrogen-bond donors (Lipinski definition) is 0. The summed E-state index contributed by atoms with van der Waals surface area (Å²) in [6.45, 7) is 4.75. The van der Waals surface area contributed by atoms with Gasteiger partial charge in [-0.1, -0.05) is 6.07 Å². The number of likely N-dealkylation sites (tertiary alicyclic amines) is 1.